The Morgan fingerprint density at radius 3 is 2.90 bits per heavy atom. The second-order valence-corrected chi connectivity index (χ2v) is 4.93. The first-order valence-corrected chi connectivity index (χ1v) is 6.95. The molecule has 5 heteroatoms. The smallest absolute Gasteiger partial charge is 0.243 e. The molecule has 0 atom stereocenters. The van der Waals surface area contributed by atoms with Crippen molar-refractivity contribution in [2.24, 2.45) is 0 Å². The predicted octanol–water partition coefficient (Wildman–Crippen LogP) is 2.70. The molecule has 0 spiro atoms. The van der Waals surface area contributed by atoms with Crippen molar-refractivity contribution >= 4 is 11.6 Å². The van der Waals surface area contributed by atoms with Gasteiger partial charge in [-0.1, -0.05) is 24.3 Å². The van der Waals surface area contributed by atoms with Gasteiger partial charge in [0.05, 0.1) is 7.11 Å². The van der Waals surface area contributed by atoms with E-state index in [4.69, 9.17) is 4.74 Å². The van der Waals surface area contributed by atoms with Crippen LogP contribution in [0.5, 0.6) is 5.75 Å². The van der Waals surface area contributed by atoms with E-state index in [0.29, 0.717) is 5.95 Å². The Morgan fingerprint density at radius 2 is 2.05 bits per heavy atom. The maximum absolute atomic E-state index is 5.35. The molecule has 0 aliphatic carbocycles. The zero-order valence-corrected chi connectivity index (χ0v) is 12.2. The summed E-state index contributed by atoms with van der Waals surface area (Å²) in [6, 6.07) is 12.0. The van der Waals surface area contributed by atoms with Crippen LogP contribution < -0.4 is 10.1 Å². The molecule has 1 aromatic carbocycles. The van der Waals surface area contributed by atoms with Crippen molar-refractivity contribution in [3.63, 3.8) is 0 Å². The molecule has 0 bridgehead atoms. The third kappa shape index (κ3) is 2.97. The normalized spacial score (nSPS) is 10.8. The first-order chi connectivity index (χ1) is 10.3. The molecule has 0 unspecified atom stereocenters. The van der Waals surface area contributed by atoms with Crippen LogP contribution in [0, 0.1) is 6.92 Å². The van der Waals surface area contributed by atoms with Crippen molar-refractivity contribution in [3.05, 3.63) is 53.7 Å². The molecule has 0 fully saturated rings. The van der Waals surface area contributed by atoms with Gasteiger partial charge in [-0.15, -0.1) is 5.10 Å². The summed E-state index contributed by atoms with van der Waals surface area (Å²) in [5.41, 5.74) is 3.18. The molecular weight excluding hydrogens is 264 g/mol. The minimum atomic E-state index is 0.649. The van der Waals surface area contributed by atoms with Gasteiger partial charge in [0.2, 0.25) is 5.95 Å². The van der Waals surface area contributed by atoms with Crippen LogP contribution in [0.1, 0.15) is 11.1 Å². The highest BCUT2D eigenvalue weighted by Crippen LogP contribution is 2.17. The number of para-hydroxylation sites is 1. The number of rotatable bonds is 5. The zero-order valence-electron chi connectivity index (χ0n) is 12.2. The Bertz CT molecular complexity index is 751. The van der Waals surface area contributed by atoms with E-state index in [9.17, 15) is 0 Å². The van der Waals surface area contributed by atoms with E-state index in [2.05, 4.69) is 21.5 Å². The number of nitrogens with zero attached hydrogens (tertiary/aromatic N) is 3. The molecule has 3 aromatic rings. The summed E-state index contributed by atoms with van der Waals surface area (Å²) in [6.07, 6.45) is 2.83. The van der Waals surface area contributed by atoms with Gasteiger partial charge < -0.3 is 10.1 Å². The van der Waals surface area contributed by atoms with Crippen LogP contribution in [-0.2, 0) is 6.42 Å². The van der Waals surface area contributed by atoms with Gasteiger partial charge in [-0.25, -0.2) is 4.52 Å². The van der Waals surface area contributed by atoms with Crippen LogP contribution >= 0.6 is 0 Å². The maximum atomic E-state index is 5.35. The van der Waals surface area contributed by atoms with E-state index in [1.54, 1.807) is 11.6 Å². The average molecular weight is 282 g/mol. The molecule has 1 N–H and O–H groups in total. The number of hydrogen-bond donors (Lipinski definition) is 1. The van der Waals surface area contributed by atoms with E-state index >= 15 is 0 Å². The Hall–Kier alpha value is -2.56. The molecule has 0 aliphatic rings. The highest BCUT2D eigenvalue weighted by Gasteiger charge is 2.04. The van der Waals surface area contributed by atoms with Crippen LogP contribution in [0.4, 0.5) is 5.95 Å². The van der Waals surface area contributed by atoms with Gasteiger partial charge in [-0.05, 0) is 36.6 Å². The number of hydrogen-bond acceptors (Lipinski definition) is 4. The number of aromatic nitrogens is 3. The fourth-order valence-electron chi connectivity index (χ4n) is 2.28. The summed E-state index contributed by atoms with van der Waals surface area (Å²) >= 11 is 0. The van der Waals surface area contributed by atoms with Crippen LogP contribution in [0.3, 0.4) is 0 Å². The monoisotopic (exact) mass is 282 g/mol. The lowest BCUT2D eigenvalue weighted by Gasteiger charge is -2.07. The van der Waals surface area contributed by atoms with Crippen molar-refractivity contribution in [1.82, 2.24) is 14.6 Å². The Labute approximate surface area is 123 Å². The molecule has 0 saturated carbocycles. The number of nitrogens with one attached hydrogen (secondary N) is 1. The number of anilines is 1. The lowest BCUT2D eigenvalue weighted by atomic mass is 10.1. The number of benzene rings is 1. The first-order valence-electron chi connectivity index (χ1n) is 6.95. The maximum Gasteiger partial charge on any atom is 0.243 e. The lowest BCUT2D eigenvalue weighted by Crippen LogP contribution is -2.07. The fraction of sp³-hybridized carbons (Fsp3) is 0.250. The first kappa shape index (κ1) is 13.4. The summed E-state index contributed by atoms with van der Waals surface area (Å²) in [6.45, 7) is 2.80. The van der Waals surface area contributed by atoms with E-state index in [1.807, 2.05) is 43.5 Å². The lowest BCUT2D eigenvalue weighted by molar-refractivity contribution is 0.410. The third-order valence-corrected chi connectivity index (χ3v) is 3.35. The van der Waals surface area contributed by atoms with Gasteiger partial charge in [0, 0.05) is 12.7 Å². The summed E-state index contributed by atoms with van der Waals surface area (Å²) in [5, 5.41) is 7.67. The van der Waals surface area contributed by atoms with Crippen molar-refractivity contribution in [2.75, 3.05) is 19.0 Å². The van der Waals surface area contributed by atoms with Crippen LogP contribution in [0.2, 0.25) is 0 Å². The topological polar surface area (TPSA) is 51.5 Å². The van der Waals surface area contributed by atoms with Crippen LogP contribution in [-0.4, -0.2) is 28.3 Å². The number of ether oxygens (including phenoxy) is 1. The molecular formula is C16H18N4O. The number of aryl methyl sites for hydroxylation is 1. The van der Waals surface area contributed by atoms with Gasteiger partial charge in [0.15, 0.2) is 5.65 Å². The van der Waals surface area contributed by atoms with Gasteiger partial charge in [0.25, 0.3) is 0 Å². The number of pyridine rings is 1. The largest absolute Gasteiger partial charge is 0.496 e. The third-order valence-electron chi connectivity index (χ3n) is 3.35. The second kappa shape index (κ2) is 5.83. The van der Waals surface area contributed by atoms with Crippen molar-refractivity contribution in [2.45, 2.75) is 13.3 Å². The van der Waals surface area contributed by atoms with E-state index in [0.717, 1.165) is 29.9 Å². The highest BCUT2D eigenvalue weighted by molar-refractivity contribution is 5.44. The summed E-state index contributed by atoms with van der Waals surface area (Å²) < 4.78 is 7.14. The van der Waals surface area contributed by atoms with Crippen LogP contribution in [0.25, 0.3) is 5.65 Å². The molecule has 0 aliphatic heterocycles. The Morgan fingerprint density at radius 1 is 1.19 bits per heavy atom. The molecule has 108 valence electrons. The number of methoxy groups -OCH3 is 1. The SMILES string of the molecule is COc1ccccc1CCNc1nc2ccc(C)cn2n1. The van der Waals surface area contributed by atoms with Gasteiger partial charge in [0.1, 0.15) is 5.75 Å². The van der Waals surface area contributed by atoms with E-state index in [1.165, 1.54) is 5.56 Å². The predicted molar refractivity (Wildman–Crippen MR) is 82.9 cm³/mol. The van der Waals surface area contributed by atoms with Gasteiger partial charge >= 0.3 is 0 Å². The molecule has 3 rings (SSSR count). The van der Waals surface area contributed by atoms with Gasteiger partial charge in [-0.2, -0.15) is 4.98 Å². The minimum absolute atomic E-state index is 0.649. The standard InChI is InChI=1S/C16H18N4O/c1-12-7-8-15-18-16(19-20(15)11-12)17-10-9-13-5-3-4-6-14(13)21-2/h3-8,11H,9-10H2,1-2H3,(H,17,19). The van der Waals surface area contributed by atoms with E-state index in [-0.39, 0.29) is 0 Å². The molecule has 21 heavy (non-hydrogen) atoms. The quantitative estimate of drug-likeness (QED) is 0.781. The van der Waals surface area contributed by atoms with Crippen molar-refractivity contribution in [3.8, 4) is 5.75 Å². The Kier molecular flexibility index (Phi) is 3.73. The number of fused-ring (bicyclic) bond motifs is 1. The van der Waals surface area contributed by atoms with Crippen molar-refractivity contribution < 1.29 is 4.74 Å². The highest BCUT2D eigenvalue weighted by atomic mass is 16.5. The van der Waals surface area contributed by atoms with Crippen molar-refractivity contribution in [1.29, 1.82) is 0 Å². The van der Waals surface area contributed by atoms with Crippen LogP contribution in [0.15, 0.2) is 42.6 Å². The molecule has 2 aromatic heterocycles. The summed E-state index contributed by atoms with van der Waals surface area (Å²) in [4.78, 5) is 4.44. The molecule has 0 radical (unpaired) electrons. The van der Waals surface area contributed by atoms with Gasteiger partial charge in [-0.3, -0.25) is 0 Å². The van der Waals surface area contributed by atoms with E-state index < -0.39 is 0 Å². The summed E-state index contributed by atoms with van der Waals surface area (Å²) in [7, 11) is 1.69. The zero-order chi connectivity index (χ0) is 14.7. The fourth-order valence-corrected chi connectivity index (χ4v) is 2.28. The molecule has 5 nitrogen and oxygen atoms in total. The second-order valence-electron chi connectivity index (χ2n) is 4.93. The molecule has 0 amide bonds. The minimum Gasteiger partial charge on any atom is -0.496 e. The molecule has 2 heterocycles. The average Bonchev–Trinajstić information content (AvgIpc) is 2.89. The summed E-state index contributed by atoms with van der Waals surface area (Å²) in [5.74, 6) is 1.56. The molecule has 0 saturated heterocycles. The Balaban J connectivity index is 1.66.